The van der Waals surface area contributed by atoms with Crippen LogP contribution in [0.15, 0.2) is 24.3 Å². The van der Waals surface area contributed by atoms with Crippen LogP contribution in [0.3, 0.4) is 0 Å². The Bertz CT molecular complexity index is 758. The number of nitrogens with zero attached hydrogens (tertiary/aromatic N) is 2. The number of benzene rings is 1. The van der Waals surface area contributed by atoms with Crippen LogP contribution in [0.1, 0.15) is 64.0 Å². The third-order valence-corrected chi connectivity index (χ3v) is 6.86. The predicted molar refractivity (Wildman–Crippen MR) is 124 cm³/mol. The van der Waals surface area contributed by atoms with E-state index in [4.69, 9.17) is 5.73 Å². The molecule has 1 aliphatic carbocycles. The first kappa shape index (κ1) is 23.7. The number of aryl methyl sites for hydroxylation is 1. The maximum absolute atomic E-state index is 13.2. The number of hydrogen-bond donors (Lipinski definition) is 2. The first-order chi connectivity index (χ1) is 14.7. The van der Waals surface area contributed by atoms with Crippen molar-refractivity contribution in [3.8, 4) is 0 Å². The van der Waals surface area contributed by atoms with Crippen LogP contribution in [0.4, 0.5) is 0 Å². The second kappa shape index (κ2) is 10.6. The van der Waals surface area contributed by atoms with Crippen LogP contribution >= 0.6 is 0 Å². The Kier molecular flexibility index (Phi) is 8.11. The molecule has 1 saturated heterocycles. The molecule has 0 aromatic heterocycles. The number of hydrogen-bond acceptors (Lipinski definition) is 4. The van der Waals surface area contributed by atoms with Crippen molar-refractivity contribution in [3.05, 3.63) is 35.4 Å². The molecule has 6 heteroatoms. The summed E-state index contributed by atoms with van der Waals surface area (Å²) in [5.41, 5.74) is 8.59. The summed E-state index contributed by atoms with van der Waals surface area (Å²) in [6, 6.07) is 8.70. The van der Waals surface area contributed by atoms with E-state index in [2.05, 4.69) is 55.3 Å². The van der Waals surface area contributed by atoms with Crippen molar-refractivity contribution in [2.24, 2.45) is 11.7 Å². The minimum absolute atomic E-state index is 0.00133. The molecular formula is C25H40N4O2. The summed E-state index contributed by atoms with van der Waals surface area (Å²) in [5.74, 6) is 0.487. The average Bonchev–Trinajstić information content (AvgIpc) is 3.16. The normalized spacial score (nSPS) is 26.5. The van der Waals surface area contributed by atoms with Crippen LogP contribution in [-0.4, -0.2) is 58.9 Å². The van der Waals surface area contributed by atoms with Crippen molar-refractivity contribution in [2.75, 3.05) is 13.1 Å². The molecule has 31 heavy (non-hydrogen) atoms. The van der Waals surface area contributed by atoms with Gasteiger partial charge in [-0.2, -0.15) is 0 Å². The molecule has 2 amide bonds. The van der Waals surface area contributed by atoms with E-state index in [1.807, 2.05) is 0 Å². The molecule has 0 bridgehead atoms. The van der Waals surface area contributed by atoms with E-state index < -0.39 is 0 Å². The van der Waals surface area contributed by atoms with Gasteiger partial charge in [-0.15, -0.1) is 0 Å². The standard InChI is InChI=1S/C25H40N4O2/c1-17(2)14-28(15-20-8-6-5-7-18(20)3)23-13-24(29(16-23)19(4)30)25(31)27-22-11-9-21(26)10-12-22/h5-8,17,21-24H,9-16,26H2,1-4H3,(H,27,31). The third kappa shape index (κ3) is 6.30. The van der Waals surface area contributed by atoms with Gasteiger partial charge < -0.3 is 16.0 Å². The zero-order valence-electron chi connectivity index (χ0n) is 19.6. The Hall–Kier alpha value is -1.92. The SMILES string of the molecule is CC(=O)N1CC(N(Cc2ccccc2C)CC(C)C)CC1C(=O)NC1CCC(N)CC1. The number of nitrogens with one attached hydrogen (secondary N) is 1. The van der Waals surface area contributed by atoms with Gasteiger partial charge in [0, 0.05) is 44.7 Å². The van der Waals surface area contributed by atoms with Gasteiger partial charge in [-0.25, -0.2) is 0 Å². The Morgan fingerprint density at radius 3 is 2.48 bits per heavy atom. The van der Waals surface area contributed by atoms with E-state index >= 15 is 0 Å². The minimum atomic E-state index is -0.385. The third-order valence-electron chi connectivity index (χ3n) is 6.86. The summed E-state index contributed by atoms with van der Waals surface area (Å²) in [6.07, 6.45) is 4.45. The largest absolute Gasteiger partial charge is 0.352 e. The molecule has 3 N–H and O–H groups in total. The molecule has 3 rings (SSSR count). The van der Waals surface area contributed by atoms with Crippen molar-refractivity contribution in [1.82, 2.24) is 15.1 Å². The second-order valence-corrected chi connectivity index (χ2v) is 9.95. The molecule has 2 aliphatic rings. The minimum Gasteiger partial charge on any atom is -0.352 e. The first-order valence-corrected chi connectivity index (χ1v) is 11.9. The lowest BCUT2D eigenvalue weighted by Gasteiger charge is -2.31. The molecule has 1 aromatic carbocycles. The number of likely N-dealkylation sites (tertiary alicyclic amines) is 1. The van der Waals surface area contributed by atoms with Gasteiger partial charge in [0.15, 0.2) is 0 Å². The summed E-state index contributed by atoms with van der Waals surface area (Å²) in [6.45, 7) is 10.6. The van der Waals surface area contributed by atoms with Crippen molar-refractivity contribution in [2.45, 2.75) is 90.5 Å². The van der Waals surface area contributed by atoms with Gasteiger partial charge in [-0.05, 0) is 56.1 Å². The van der Waals surface area contributed by atoms with E-state index in [0.29, 0.717) is 18.9 Å². The van der Waals surface area contributed by atoms with Crippen LogP contribution in [-0.2, 0) is 16.1 Å². The summed E-state index contributed by atoms with van der Waals surface area (Å²) in [7, 11) is 0. The van der Waals surface area contributed by atoms with Gasteiger partial charge >= 0.3 is 0 Å². The van der Waals surface area contributed by atoms with Crippen LogP contribution in [0.2, 0.25) is 0 Å². The highest BCUT2D eigenvalue weighted by molar-refractivity contribution is 5.87. The molecule has 1 heterocycles. The van der Waals surface area contributed by atoms with E-state index in [0.717, 1.165) is 38.8 Å². The molecule has 2 unspecified atom stereocenters. The van der Waals surface area contributed by atoms with Crippen LogP contribution < -0.4 is 11.1 Å². The molecule has 1 saturated carbocycles. The van der Waals surface area contributed by atoms with Crippen molar-refractivity contribution in [1.29, 1.82) is 0 Å². The lowest BCUT2D eigenvalue weighted by molar-refractivity contribution is -0.137. The Labute approximate surface area is 187 Å². The average molecular weight is 429 g/mol. The second-order valence-electron chi connectivity index (χ2n) is 9.95. The highest BCUT2D eigenvalue weighted by Crippen LogP contribution is 2.26. The zero-order chi connectivity index (χ0) is 22.5. The molecular weight excluding hydrogens is 388 g/mol. The van der Waals surface area contributed by atoms with Crippen molar-refractivity contribution in [3.63, 3.8) is 0 Å². The van der Waals surface area contributed by atoms with Crippen molar-refractivity contribution >= 4 is 11.8 Å². The molecule has 2 fully saturated rings. The number of nitrogens with two attached hydrogens (primary N) is 1. The van der Waals surface area contributed by atoms with Gasteiger partial charge in [0.25, 0.3) is 0 Å². The molecule has 0 radical (unpaired) electrons. The number of rotatable bonds is 7. The van der Waals surface area contributed by atoms with E-state index in [9.17, 15) is 9.59 Å². The summed E-state index contributed by atoms with van der Waals surface area (Å²) < 4.78 is 0. The Morgan fingerprint density at radius 1 is 1.19 bits per heavy atom. The monoisotopic (exact) mass is 428 g/mol. The van der Waals surface area contributed by atoms with Crippen LogP contribution in [0.25, 0.3) is 0 Å². The molecule has 2 atom stereocenters. The number of amides is 2. The van der Waals surface area contributed by atoms with Gasteiger partial charge in [-0.3, -0.25) is 14.5 Å². The first-order valence-electron chi connectivity index (χ1n) is 11.9. The number of carbonyl (C=O) groups is 2. The fraction of sp³-hybridized carbons (Fsp3) is 0.680. The maximum Gasteiger partial charge on any atom is 0.243 e. The van der Waals surface area contributed by atoms with E-state index in [1.165, 1.54) is 11.1 Å². The molecule has 6 nitrogen and oxygen atoms in total. The fourth-order valence-corrected chi connectivity index (χ4v) is 5.05. The highest BCUT2D eigenvalue weighted by atomic mass is 16.2. The molecule has 172 valence electrons. The molecule has 0 spiro atoms. The summed E-state index contributed by atoms with van der Waals surface area (Å²) in [4.78, 5) is 29.8. The van der Waals surface area contributed by atoms with Gasteiger partial charge in [0.2, 0.25) is 11.8 Å². The van der Waals surface area contributed by atoms with E-state index in [-0.39, 0.29) is 36.0 Å². The Balaban J connectivity index is 1.71. The lowest BCUT2D eigenvalue weighted by atomic mass is 9.91. The smallest absolute Gasteiger partial charge is 0.243 e. The number of carbonyl (C=O) groups excluding carboxylic acids is 2. The quantitative estimate of drug-likeness (QED) is 0.700. The van der Waals surface area contributed by atoms with Crippen LogP contribution in [0.5, 0.6) is 0 Å². The Morgan fingerprint density at radius 2 is 1.87 bits per heavy atom. The topological polar surface area (TPSA) is 78.7 Å². The highest BCUT2D eigenvalue weighted by Gasteiger charge is 2.41. The van der Waals surface area contributed by atoms with Gasteiger partial charge in [0.05, 0.1) is 0 Å². The molecule has 1 aromatic rings. The summed E-state index contributed by atoms with van der Waals surface area (Å²) in [5, 5.41) is 3.22. The van der Waals surface area contributed by atoms with Gasteiger partial charge in [-0.1, -0.05) is 38.1 Å². The zero-order valence-corrected chi connectivity index (χ0v) is 19.6. The van der Waals surface area contributed by atoms with Crippen LogP contribution in [0, 0.1) is 12.8 Å². The fourth-order valence-electron chi connectivity index (χ4n) is 5.05. The van der Waals surface area contributed by atoms with E-state index in [1.54, 1.807) is 11.8 Å². The maximum atomic E-state index is 13.2. The van der Waals surface area contributed by atoms with Crippen molar-refractivity contribution < 1.29 is 9.59 Å². The van der Waals surface area contributed by atoms with Gasteiger partial charge in [0.1, 0.15) is 6.04 Å². The predicted octanol–water partition coefficient (Wildman–Crippen LogP) is 2.83. The lowest BCUT2D eigenvalue weighted by Crippen LogP contribution is -2.49. The summed E-state index contributed by atoms with van der Waals surface area (Å²) >= 11 is 0. The molecule has 1 aliphatic heterocycles.